The summed E-state index contributed by atoms with van der Waals surface area (Å²) in [5, 5.41) is 26.4. The number of rotatable bonds is 12. The van der Waals surface area contributed by atoms with Gasteiger partial charge in [-0.15, -0.1) is 0 Å². The molecule has 3 N–H and O–H groups in total. The van der Waals surface area contributed by atoms with Gasteiger partial charge >= 0.3 is 11.9 Å². The predicted octanol–water partition coefficient (Wildman–Crippen LogP) is 3.71. The lowest BCUT2D eigenvalue weighted by atomic mass is 9.78. The van der Waals surface area contributed by atoms with Gasteiger partial charge in [0.2, 0.25) is 0 Å². The third kappa shape index (κ3) is 10.5. The van der Waals surface area contributed by atoms with Crippen LogP contribution in [0.4, 0.5) is 0 Å². The van der Waals surface area contributed by atoms with Crippen LogP contribution in [0.15, 0.2) is 54.6 Å². The third-order valence-corrected chi connectivity index (χ3v) is 6.15. The molecule has 194 valence electrons. The zero-order valence-corrected chi connectivity index (χ0v) is 21.3. The molecule has 0 aromatic heterocycles. The number of nitrogens with zero attached hydrogens (tertiary/aromatic N) is 1. The normalized spacial score (nSPS) is 14.3. The van der Waals surface area contributed by atoms with Gasteiger partial charge in [0.1, 0.15) is 5.75 Å². The summed E-state index contributed by atoms with van der Waals surface area (Å²) in [6, 6.07) is 18.5. The first-order chi connectivity index (χ1) is 16.5. The number of likely N-dealkylation sites (N-methyl/N-ethyl adjacent to an activating group) is 1. The number of hydrogen-bond acceptors (Lipinski definition) is 6. The van der Waals surface area contributed by atoms with Gasteiger partial charge in [0.15, 0.2) is 0 Å². The highest BCUT2D eigenvalue weighted by molar-refractivity contribution is 6.27. The van der Waals surface area contributed by atoms with E-state index in [1.165, 1.54) is 11.1 Å². The Bertz CT molecular complexity index is 872. The van der Waals surface area contributed by atoms with Crippen LogP contribution in [0.25, 0.3) is 0 Å². The van der Waals surface area contributed by atoms with Gasteiger partial charge in [-0.1, -0.05) is 49.4 Å². The van der Waals surface area contributed by atoms with E-state index < -0.39 is 17.5 Å². The number of carbonyl (C=O) groups is 2. The van der Waals surface area contributed by atoms with Gasteiger partial charge in [0.25, 0.3) is 0 Å². The number of carboxylic acids is 2. The smallest absolute Gasteiger partial charge is 0.414 e. The number of methoxy groups -OCH3 is 1. The molecule has 0 heterocycles. The average molecular weight is 490 g/mol. The Morgan fingerprint density at radius 3 is 2.06 bits per heavy atom. The first kappa shape index (κ1) is 30.1. The fourth-order valence-electron chi connectivity index (χ4n) is 3.80. The van der Waals surface area contributed by atoms with E-state index >= 15 is 0 Å². The lowest BCUT2D eigenvalue weighted by Gasteiger charge is -2.43. The van der Waals surface area contributed by atoms with Crippen LogP contribution < -0.4 is 4.74 Å². The van der Waals surface area contributed by atoms with Crippen LogP contribution in [-0.2, 0) is 27.3 Å². The molecular formula is C27H39NO7. The van der Waals surface area contributed by atoms with E-state index in [9.17, 15) is 5.11 Å². The van der Waals surface area contributed by atoms with Crippen LogP contribution in [0.1, 0.15) is 38.3 Å². The van der Waals surface area contributed by atoms with Crippen LogP contribution in [-0.4, -0.2) is 71.2 Å². The van der Waals surface area contributed by atoms with Crippen LogP contribution in [0.5, 0.6) is 5.75 Å². The maximum atomic E-state index is 11.6. The Morgan fingerprint density at radius 2 is 1.57 bits per heavy atom. The lowest BCUT2D eigenvalue weighted by Crippen LogP contribution is -2.54. The van der Waals surface area contributed by atoms with Gasteiger partial charge in [-0.2, -0.15) is 0 Å². The Hall–Kier alpha value is -2.94. The van der Waals surface area contributed by atoms with Gasteiger partial charge < -0.3 is 24.8 Å². The maximum absolute atomic E-state index is 11.6. The molecule has 0 saturated heterocycles. The molecule has 0 amide bonds. The van der Waals surface area contributed by atoms with Gasteiger partial charge in [-0.3, -0.25) is 4.90 Å². The topological polar surface area (TPSA) is 117 Å². The second kappa shape index (κ2) is 15.1. The van der Waals surface area contributed by atoms with E-state index in [0.29, 0.717) is 13.2 Å². The zero-order chi connectivity index (χ0) is 26.4. The predicted molar refractivity (Wildman–Crippen MR) is 135 cm³/mol. The van der Waals surface area contributed by atoms with E-state index in [1.807, 2.05) is 32.0 Å². The van der Waals surface area contributed by atoms with Crippen molar-refractivity contribution in [1.82, 2.24) is 4.90 Å². The van der Waals surface area contributed by atoms with Gasteiger partial charge in [0, 0.05) is 25.8 Å². The summed E-state index contributed by atoms with van der Waals surface area (Å²) in [4.78, 5) is 20.5. The molecule has 0 bridgehead atoms. The highest BCUT2D eigenvalue weighted by atomic mass is 16.5. The van der Waals surface area contributed by atoms with Crippen LogP contribution >= 0.6 is 0 Å². The summed E-state index contributed by atoms with van der Waals surface area (Å²) in [6.45, 7) is 8.26. The van der Waals surface area contributed by atoms with E-state index in [4.69, 9.17) is 29.3 Å². The fourth-order valence-corrected chi connectivity index (χ4v) is 3.80. The molecule has 0 fully saturated rings. The molecule has 8 heteroatoms. The maximum Gasteiger partial charge on any atom is 0.414 e. The molecule has 0 radical (unpaired) electrons. The number of aliphatic hydroxyl groups is 1. The zero-order valence-electron chi connectivity index (χ0n) is 21.3. The first-order valence-corrected chi connectivity index (χ1v) is 11.7. The number of hydrogen-bond donors (Lipinski definition) is 3. The largest absolute Gasteiger partial charge is 0.497 e. The second-order valence-electron chi connectivity index (χ2n) is 8.69. The van der Waals surface area contributed by atoms with Crippen molar-refractivity contribution in [2.24, 2.45) is 5.92 Å². The van der Waals surface area contributed by atoms with Crippen molar-refractivity contribution in [2.75, 3.05) is 27.4 Å². The molecule has 0 spiro atoms. The standard InChI is InChI=1S/C25H37NO3.C2H2O4/c1-6-29-17-16-20(2)25(3,27)24(18-21-12-14-23(28-5)15-13-21)26(4)19-22-10-8-7-9-11-22;3-1(4)2(5)6/h7-15,20,24,27H,6,16-19H2,1-5H3;(H,3,4)(H,5,6). The summed E-state index contributed by atoms with van der Waals surface area (Å²) in [7, 11) is 3.78. The van der Waals surface area contributed by atoms with Crippen LogP contribution in [0.2, 0.25) is 0 Å². The summed E-state index contributed by atoms with van der Waals surface area (Å²) in [5.74, 6) is -2.69. The second-order valence-corrected chi connectivity index (χ2v) is 8.69. The summed E-state index contributed by atoms with van der Waals surface area (Å²) >= 11 is 0. The molecule has 35 heavy (non-hydrogen) atoms. The van der Waals surface area contributed by atoms with Crippen LogP contribution in [0.3, 0.4) is 0 Å². The van der Waals surface area contributed by atoms with E-state index in [2.05, 4.69) is 55.3 Å². The van der Waals surface area contributed by atoms with Gasteiger partial charge in [0.05, 0.1) is 12.7 Å². The van der Waals surface area contributed by atoms with Crippen molar-refractivity contribution in [3.05, 3.63) is 65.7 Å². The molecular weight excluding hydrogens is 450 g/mol. The minimum absolute atomic E-state index is 0.0345. The Kier molecular flexibility index (Phi) is 13.0. The highest BCUT2D eigenvalue weighted by Crippen LogP contribution is 2.30. The van der Waals surface area contributed by atoms with Crippen molar-refractivity contribution in [3.63, 3.8) is 0 Å². The first-order valence-electron chi connectivity index (χ1n) is 11.7. The molecule has 0 saturated carbocycles. The molecule has 0 aliphatic rings. The Morgan fingerprint density at radius 1 is 1.00 bits per heavy atom. The number of ether oxygens (including phenoxy) is 2. The van der Waals surface area contributed by atoms with Crippen molar-refractivity contribution in [2.45, 2.75) is 51.8 Å². The van der Waals surface area contributed by atoms with Crippen molar-refractivity contribution in [1.29, 1.82) is 0 Å². The monoisotopic (exact) mass is 489 g/mol. The van der Waals surface area contributed by atoms with Gasteiger partial charge in [-0.05, 0) is 62.9 Å². The van der Waals surface area contributed by atoms with Gasteiger partial charge in [-0.25, -0.2) is 9.59 Å². The number of benzene rings is 2. The third-order valence-electron chi connectivity index (χ3n) is 6.15. The van der Waals surface area contributed by atoms with Crippen molar-refractivity contribution in [3.8, 4) is 5.75 Å². The van der Waals surface area contributed by atoms with E-state index in [0.717, 1.165) is 25.1 Å². The molecule has 0 aliphatic carbocycles. The van der Waals surface area contributed by atoms with Crippen molar-refractivity contribution < 1.29 is 34.4 Å². The Labute approximate surface area is 208 Å². The summed E-state index contributed by atoms with van der Waals surface area (Å²) in [6.07, 6.45) is 1.60. The average Bonchev–Trinajstić information content (AvgIpc) is 2.83. The summed E-state index contributed by atoms with van der Waals surface area (Å²) < 4.78 is 10.8. The fraction of sp³-hybridized carbons (Fsp3) is 0.481. The molecule has 3 atom stereocenters. The lowest BCUT2D eigenvalue weighted by molar-refractivity contribution is -0.159. The SMILES string of the molecule is CCOCCC(C)C(C)(O)C(Cc1ccc(OC)cc1)N(C)Cc1ccccc1.O=C(O)C(=O)O. The molecule has 2 rings (SSSR count). The van der Waals surface area contributed by atoms with E-state index in [1.54, 1.807) is 7.11 Å². The van der Waals surface area contributed by atoms with Crippen LogP contribution in [0, 0.1) is 5.92 Å². The molecule has 8 nitrogen and oxygen atoms in total. The Balaban J connectivity index is 0.000000905. The number of aliphatic carboxylic acids is 2. The van der Waals surface area contributed by atoms with E-state index in [-0.39, 0.29) is 12.0 Å². The highest BCUT2D eigenvalue weighted by Gasteiger charge is 2.39. The number of carboxylic acid groups (broad SMARTS) is 2. The summed E-state index contributed by atoms with van der Waals surface area (Å²) in [5.41, 5.74) is 1.57. The minimum Gasteiger partial charge on any atom is -0.497 e. The molecule has 0 aliphatic heterocycles. The van der Waals surface area contributed by atoms with Crippen molar-refractivity contribution >= 4 is 11.9 Å². The molecule has 2 aromatic carbocycles. The quantitative estimate of drug-likeness (QED) is 0.305. The minimum atomic E-state index is -1.82. The molecule has 3 unspecified atom stereocenters. The molecule has 2 aromatic rings.